The topological polar surface area (TPSA) is 32.3 Å². The molecule has 0 fully saturated rings. The standard InChI is InChI=1S/C23H21Cl2FN2O/c1-16-3-2-4-19(13-16)27-23(29)11-12-28(15-17-5-7-18(26)8-6-17)20-9-10-21(24)22(25)14-20/h2-10,13-14H,11-12,15H2,1H3,(H,27,29). The van der Waals surface area contributed by atoms with Gasteiger partial charge in [0.15, 0.2) is 0 Å². The molecular weight excluding hydrogens is 410 g/mol. The van der Waals surface area contributed by atoms with Gasteiger partial charge in [-0.25, -0.2) is 4.39 Å². The van der Waals surface area contributed by atoms with E-state index in [4.69, 9.17) is 23.2 Å². The molecule has 0 atom stereocenters. The van der Waals surface area contributed by atoms with Gasteiger partial charge in [0.25, 0.3) is 0 Å². The average molecular weight is 431 g/mol. The fourth-order valence-electron chi connectivity index (χ4n) is 2.97. The third kappa shape index (κ3) is 6.21. The van der Waals surface area contributed by atoms with Crippen molar-refractivity contribution in [3.8, 4) is 0 Å². The maximum absolute atomic E-state index is 13.2. The van der Waals surface area contributed by atoms with Crippen LogP contribution in [0.5, 0.6) is 0 Å². The van der Waals surface area contributed by atoms with Crippen molar-refractivity contribution >= 4 is 40.5 Å². The molecule has 0 spiro atoms. The third-order valence-corrected chi connectivity index (χ3v) is 5.20. The first kappa shape index (κ1) is 21.2. The van der Waals surface area contributed by atoms with Gasteiger partial charge < -0.3 is 10.2 Å². The number of carbonyl (C=O) groups excluding carboxylic acids is 1. The van der Waals surface area contributed by atoms with Crippen molar-refractivity contribution < 1.29 is 9.18 Å². The zero-order chi connectivity index (χ0) is 20.8. The highest BCUT2D eigenvalue weighted by Crippen LogP contribution is 2.28. The van der Waals surface area contributed by atoms with E-state index >= 15 is 0 Å². The molecule has 6 heteroatoms. The molecule has 3 aromatic rings. The molecule has 1 amide bonds. The number of carbonyl (C=O) groups is 1. The van der Waals surface area contributed by atoms with Crippen molar-refractivity contribution in [2.45, 2.75) is 19.9 Å². The van der Waals surface area contributed by atoms with Crippen molar-refractivity contribution in [2.75, 3.05) is 16.8 Å². The third-order valence-electron chi connectivity index (χ3n) is 4.47. The molecule has 0 radical (unpaired) electrons. The highest BCUT2D eigenvalue weighted by molar-refractivity contribution is 6.42. The summed E-state index contributed by atoms with van der Waals surface area (Å²) in [5.41, 5.74) is 3.62. The van der Waals surface area contributed by atoms with Gasteiger partial charge in [-0.2, -0.15) is 0 Å². The summed E-state index contributed by atoms with van der Waals surface area (Å²) in [6.07, 6.45) is 0.287. The SMILES string of the molecule is Cc1cccc(NC(=O)CCN(Cc2ccc(F)cc2)c2ccc(Cl)c(Cl)c2)c1. The Kier molecular flexibility index (Phi) is 7.13. The van der Waals surface area contributed by atoms with Crippen molar-refractivity contribution in [1.29, 1.82) is 0 Å². The van der Waals surface area contributed by atoms with Crippen LogP contribution in [0.2, 0.25) is 10.0 Å². The second kappa shape index (κ2) is 9.77. The lowest BCUT2D eigenvalue weighted by atomic mass is 10.1. The summed E-state index contributed by atoms with van der Waals surface area (Å²) in [5.74, 6) is -0.368. The van der Waals surface area contributed by atoms with Gasteiger partial charge in [0, 0.05) is 30.9 Å². The molecule has 3 aromatic carbocycles. The van der Waals surface area contributed by atoms with Crippen LogP contribution in [0.3, 0.4) is 0 Å². The minimum absolute atomic E-state index is 0.0835. The molecule has 0 unspecified atom stereocenters. The fourth-order valence-corrected chi connectivity index (χ4v) is 3.27. The Balaban J connectivity index is 1.72. The normalized spacial score (nSPS) is 10.6. The Bertz CT molecular complexity index is 992. The molecule has 0 aliphatic rings. The van der Waals surface area contributed by atoms with E-state index in [1.54, 1.807) is 24.3 Å². The minimum atomic E-state index is -0.285. The molecular formula is C23H21Cl2FN2O. The molecule has 1 N–H and O–H groups in total. The second-order valence-corrected chi connectivity index (χ2v) is 7.63. The molecule has 0 aliphatic carbocycles. The van der Waals surface area contributed by atoms with Gasteiger partial charge in [0.1, 0.15) is 5.82 Å². The smallest absolute Gasteiger partial charge is 0.226 e. The predicted octanol–water partition coefficient (Wildman–Crippen LogP) is 6.48. The molecule has 0 aliphatic heterocycles. The van der Waals surface area contributed by atoms with E-state index in [0.29, 0.717) is 23.1 Å². The fraction of sp³-hybridized carbons (Fsp3) is 0.174. The number of hydrogen-bond donors (Lipinski definition) is 1. The summed E-state index contributed by atoms with van der Waals surface area (Å²) >= 11 is 12.2. The Morgan fingerprint density at radius 1 is 1.00 bits per heavy atom. The first-order valence-corrected chi connectivity index (χ1v) is 9.97. The quantitative estimate of drug-likeness (QED) is 0.465. The molecule has 29 heavy (non-hydrogen) atoms. The van der Waals surface area contributed by atoms with E-state index in [9.17, 15) is 9.18 Å². The first-order chi connectivity index (χ1) is 13.9. The maximum atomic E-state index is 13.2. The molecule has 150 valence electrons. The Morgan fingerprint density at radius 2 is 1.76 bits per heavy atom. The lowest BCUT2D eigenvalue weighted by molar-refractivity contribution is -0.116. The van der Waals surface area contributed by atoms with Gasteiger partial charge in [0.05, 0.1) is 10.0 Å². The largest absolute Gasteiger partial charge is 0.367 e. The van der Waals surface area contributed by atoms with Crippen LogP contribution in [0.15, 0.2) is 66.7 Å². The monoisotopic (exact) mass is 430 g/mol. The number of hydrogen-bond acceptors (Lipinski definition) is 2. The molecule has 0 heterocycles. The zero-order valence-corrected chi connectivity index (χ0v) is 17.5. The van der Waals surface area contributed by atoms with E-state index in [1.165, 1.54) is 12.1 Å². The van der Waals surface area contributed by atoms with Gasteiger partial charge in [-0.3, -0.25) is 4.79 Å². The molecule has 0 aromatic heterocycles. The molecule has 3 rings (SSSR count). The van der Waals surface area contributed by atoms with E-state index in [-0.39, 0.29) is 18.1 Å². The van der Waals surface area contributed by atoms with E-state index in [1.807, 2.05) is 42.2 Å². The molecule has 0 saturated heterocycles. The van der Waals surface area contributed by atoms with E-state index in [0.717, 1.165) is 22.5 Å². The van der Waals surface area contributed by atoms with Crippen LogP contribution < -0.4 is 10.2 Å². The second-order valence-electron chi connectivity index (χ2n) is 6.81. The number of nitrogens with one attached hydrogen (secondary N) is 1. The lowest BCUT2D eigenvalue weighted by Crippen LogP contribution is -2.27. The summed E-state index contributed by atoms with van der Waals surface area (Å²) in [4.78, 5) is 14.5. The van der Waals surface area contributed by atoms with E-state index in [2.05, 4.69) is 5.32 Å². The van der Waals surface area contributed by atoms with Gasteiger partial charge in [-0.1, -0.05) is 47.5 Å². The summed E-state index contributed by atoms with van der Waals surface area (Å²) < 4.78 is 13.2. The maximum Gasteiger partial charge on any atom is 0.226 e. The van der Waals surface area contributed by atoms with Gasteiger partial charge in [0.2, 0.25) is 5.91 Å². The summed E-state index contributed by atoms with van der Waals surface area (Å²) in [5, 5.41) is 3.83. The van der Waals surface area contributed by atoms with Crippen LogP contribution in [0.1, 0.15) is 17.5 Å². The first-order valence-electron chi connectivity index (χ1n) is 9.22. The van der Waals surface area contributed by atoms with Crippen LogP contribution in [0.4, 0.5) is 15.8 Å². The van der Waals surface area contributed by atoms with Crippen LogP contribution >= 0.6 is 23.2 Å². The number of halogens is 3. The van der Waals surface area contributed by atoms with Crippen molar-refractivity contribution in [2.24, 2.45) is 0 Å². The molecule has 3 nitrogen and oxygen atoms in total. The number of anilines is 2. The Hall–Kier alpha value is -2.56. The van der Waals surface area contributed by atoms with Gasteiger partial charge >= 0.3 is 0 Å². The van der Waals surface area contributed by atoms with Crippen molar-refractivity contribution in [1.82, 2.24) is 0 Å². The highest BCUT2D eigenvalue weighted by atomic mass is 35.5. The minimum Gasteiger partial charge on any atom is -0.367 e. The van der Waals surface area contributed by atoms with Crippen molar-refractivity contribution in [3.63, 3.8) is 0 Å². The summed E-state index contributed by atoms with van der Waals surface area (Å²) in [6, 6.07) is 19.3. The Morgan fingerprint density at radius 3 is 2.45 bits per heavy atom. The number of aryl methyl sites for hydroxylation is 1. The van der Waals surface area contributed by atoms with Crippen molar-refractivity contribution in [3.05, 3.63) is 93.7 Å². The van der Waals surface area contributed by atoms with Crippen LogP contribution in [0.25, 0.3) is 0 Å². The number of benzene rings is 3. The van der Waals surface area contributed by atoms with Crippen LogP contribution in [-0.2, 0) is 11.3 Å². The highest BCUT2D eigenvalue weighted by Gasteiger charge is 2.12. The molecule has 0 bridgehead atoms. The van der Waals surface area contributed by atoms with Crippen LogP contribution in [0, 0.1) is 12.7 Å². The predicted molar refractivity (Wildman–Crippen MR) is 118 cm³/mol. The zero-order valence-electron chi connectivity index (χ0n) is 16.0. The van der Waals surface area contributed by atoms with E-state index < -0.39 is 0 Å². The number of nitrogens with zero attached hydrogens (tertiary/aromatic N) is 1. The van der Waals surface area contributed by atoms with Gasteiger partial charge in [-0.15, -0.1) is 0 Å². The summed E-state index contributed by atoms with van der Waals surface area (Å²) in [7, 11) is 0. The summed E-state index contributed by atoms with van der Waals surface area (Å²) in [6.45, 7) is 2.95. The Labute approximate surface area is 180 Å². The molecule has 0 saturated carbocycles. The number of amides is 1. The van der Waals surface area contributed by atoms with Crippen LogP contribution in [-0.4, -0.2) is 12.5 Å². The average Bonchev–Trinajstić information content (AvgIpc) is 2.69. The number of rotatable bonds is 7. The van der Waals surface area contributed by atoms with Gasteiger partial charge in [-0.05, 0) is 60.5 Å². The lowest BCUT2D eigenvalue weighted by Gasteiger charge is -2.25.